The number of piperidine rings is 1. The number of carbonyl (C=O) groups excluding carboxylic acids is 2. The summed E-state index contributed by atoms with van der Waals surface area (Å²) in [5.41, 5.74) is 0.990. The fourth-order valence-electron chi connectivity index (χ4n) is 4.62. The highest BCUT2D eigenvalue weighted by Gasteiger charge is 2.48. The molecule has 0 bridgehead atoms. The van der Waals surface area contributed by atoms with Gasteiger partial charge in [0.1, 0.15) is 12.4 Å². The maximum Gasteiger partial charge on any atom is 0.410 e. The maximum absolute atomic E-state index is 12.9. The molecule has 1 aliphatic carbocycles. The van der Waals surface area contributed by atoms with Crippen LogP contribution in [-0.4, -0.2) is 28.9 Å². The van der Waals surface area contributed by atoms with Gasteiger partial charge in [-0.05, 0) is 30.7 Å². The summed E-state index contributed by atoms with van der Waals surface area (Å²) in [6, 6.07) is 9.77. The van der Waals surface area contributed by atoms with Crippen molar-refractivity contribution in [2.45, 2.75) is 71.1 Å². The van der Waals surface area contributed by atoms with Crippen LogP contribution >= 0.6 is 0 Å². The molecule has 1 heterocycles. The van der Waals surface area contributed by atoms with E-state index in [0.717, 1.165) is 37.7 Å². The lowest BCUT2D eigenvalue weighted by atomic mass is 9.69. The molecular weight excluding hydrogens is 314 g/mol. The zero-order valence-corrected chi connectivity index (χ0v) is 15.3. The number of likely N-dealkylation sites (tertiary alicyclic amines) is 1. The van der Waals surface area contributed by atoms with Gasteiger partial charge >= 0.3 is 6.09 Å². The van der Waals surface area contributed by atoms with Gasteiger partial charge in [0.15, 0.2) is 0 Å². The van der Waals surface area contributed by atoms with Crippen LogP contribution in [0.25, 0.3) is 0 Å². The third-order valence-corrected chi connectivity index (χ3v) is 5.78. The standard InChI is InChI=1S/C21H29NO3/c1-3-8-17-13-19(23)20-15(2)9-7-12-18(20)22(17)21(24)25-14-16-10-5-4-6-11-16/h4-6,10-11,15,17-18,20H,3,7-9,12-14H2,1-2H3/t15-,17+,18-,20-/m1/s1. The van der Waals surface area contributed by atoms with Crippen molar-refractivity contribution in [3.05, 3.63) is 35.9 Å². The summed E-state index contributed by atoms with van der Waals surface area (Å²) >= 11 is 0. The smallest absolute Gasteiger partial charge is 0.410 e. The van der Waals surface area contributed by atoms with Crippen molar-refractivity contribution in [3.63, 3.8) is 0 Å². The molecule has 1 aliphatic heterocycles. The minimum atomic E-state index is -0.251. The van der Waals surface area contributed by atoms with Crippen molar-refractivity contribution < 1.29 is 14.3 Å². The lowest BCUT2D eigenvalue weighted by Gasteiger charge is -2.49. The number of ketones is 1. The van der Waals surface area contributed by atoms with Crippen molar-refractivity contribution in [2.75, 3.05) is 0 Å². The first kappa shape index (κ1) is 18.0. The van der Waals surface area contributed by atoms with E-state index in [-0.39, 0.29) is 30.7 Å². The van der Waals surface area contributed by atoms with Gasteiger partial charge in [0.2, 0.25) is 0 Å². The van der Waals surface area contributed by atoms with Crippen LogP contribution in [-0.2, 0) is 16.1 Å². The van der Waals surface area contributed by atoms with Gasteiger partial charge in [0.25, 0.3) is 0 Å². The Morgan fingerprint density at radius 3 is 2.72 bits per heavy atom. The van der Waals surface area contributed by atoms with E-state index in [0.29, 0.717) is 18.1 Å². The Bertz CT molecular complexity index is 600. The van der Waals surface area contributed by atoms with Crippen molar-refractivity contribution in [3.8, 4) is 0 Å². The summed E-state index contributed by atoms with van der Waals surface area (Å²) in [6.45, 7) is 4.55. The van der Waals surface area contributed by atoms with Gasteiger partial charge in [0.05, 0.1) is 0 Å². The van der Waals surface area contributed by atoms with E-state index in [1.165, 1.54) is 0 Å². The molecule has 0 radical (unpaired) electrons. The first-order valence-electron chi connectivity index (χ1n) is 9.63. The second-order valence-corrected chi connectivity index (χ2v) is 7.56. The SMILES string of the molecule is CCC[C@H]1CC(=O)[C@@H]2[C@H](C)CCC[C@H]2N1C(=O)OCc1ccccc1. The van der Waals surface area contributed by atoms with Crippen molar-refractivity contribution in [1.29, 1.82) is 0 Å². The maximum atomic E-state index is 12.9. The summed E-state index contributed by atoms with van der Waals surface area (Å²) in [5, 5.41) is 0. The molecule has 25 heavy (non-hydrogen) atoms. The average Bonchev–Trinajstić information content (AvgIpc) is 2.61. The Kier molecular flexibility index (Phi) is 5.77. The minimum absolute atomic E-state index is 0.00711. The highest BCUT2D eigenvalue weighted by atomic mass is 16.6. The Balaban J connectivity index is 1.76. The largest absolute Gasteiger partial charge is 0.445 e. The Morgan fingerprint density at radius 1 is 1.24 bits per heavy atom. The van der Waals surface area contributed by atoms with Crippen LogP contribution in [0.5, 0.6) is 0 Å². The first-order chi connectivity index (χ1) is 12.1. The fraction of sp³-hybridized carbons (Fsp3) is 0.619. The van der Waals surface area contributed by atoms with E-state index >= 15 is 0 Å². The summed E-state index contributed by atoms with van der Waals surface area (Å²) in [4.78, 5) is 27.5. The second kappa shape index (κ2) is 8.03. The molecule has 1 saturated carbocycles. The van der Waals surface area contributed by atoms with E-state index in [9.17, 15) is 9.59 Å². The number of Topliss-reactive ketones (excluding diaryl/α,β-unsaturated/α-hetero) is 1. The summed E-state index contributed by atoms with van der Waals surface area (Å²) < 4.78 is 5.64. The highest BCUT2D eigenvalue weighted by Crippen LogP contribution is 2.40. The molecule has 3 rings (SSSR count). The van der Waals surface area contributed by atoms with Gasteiger partial charge in [-0.2, -0.15) is 0 Å². The number of amides is 1. The molecule has 2 fully saturated rings. The van der Waals surface area contributed by atoms with Gasteiger partial charge in [0, 0.05) is 24.4 Å². The molecule has 1 amide bonds. The van der Waals surface area contributed by atoms with E-state index in [4.69, 9.17) is 4.74 Å². The van der Waals surface area contributed by atoms with Gasteiger partial charge in [-0.3, -0.25) is 4.79 Å². The topological polar surface area (TPSA) is 46.6 Å². The van der Waals surface area contributed by atoms with Crippen molar-refractivity contribution in [1.82, 2.24) is 4.90 Å². The summed E-state index contributed by atoms with van der Waals surface area (Å²) in [7, 11) is 0. The Morgan fingerprint density at radius 2 is 2.00 bits per heavy atom. The quantitative estimate of drug-likeness (QED) is 0.804. The van der Waals surface area contributed by atoms with Crippen LogP contribution in [0.4, 0.5) is 4.79 Å². The first-order valence-corrected chi connectivity index (χ1v) is 9.63. The van der Waals surface area contributed by atoms with E-state index < -0.39 is 0 Å². The van der Waals surface area contributed by atoms with E-state index in [1.807, 2.05) is 35.2 Å². The number of ether oxygens (including phenoxy) is 1. The van der Waals surface area contributed by atoms with Crippen molar-refractivity contribution in [2.24, 2.45) is 11.8 Å². The molecule has 2 aliphatic rings. The predicted octanol–water partition coefficient (Wildman–Crippen LogP) is 4.57. The molecule has 4 nitrogen and oxygen atoms in total. The van der Waals surface area contributed by atoms with Gasteiger partial charge in [-0.25, -0.2) is 4.79 Å². The van der Waals surface area contributed by atoms with Crippen molar-refractivity contribution >= 4 is 11.9 Å². The molecular formula is C21H29NO3. The molecule has 0 unspecified atom stereocenters. The molecule has 4 heteroatoms. The van der Waals surface area contributed by atoms with Gasteiger partial charge in [-0.1, -0.05) is 57.0 Å². The van der Waals surface area contributed by atoms with Crippen LogP contribution in [0.15, 0.2) is 30.3 Å². The highest BCUT2D eigenvalue weighted by molar-refractivity contribution is 5.85. The molecule has 4 atom stereocenters. The number of benzene rings is 1. The average molecular weight is 343 g/mol. The Hall–Kier alpha value is -1.84. The number of hydrogen-bond acceptors (Lipinski definition) is 3. The number of hydrogen-bond donors (Lipinski definition) is 0. The zero-order chi connectivity index (χ0) is 17.8. The van der Waals surface area contributed by atoms with E-state index in [2.05, 4.69) is 13.8 Å². The van der Waals surface area contributed by atoms with Crippen LogP contribution in [0.1, 0.15) is 57.9 Å². The molecule has 1 saturated heterocycles. The molecule has 0 spiro atoms. The molecule has 0 aromatic heterocycles. The predicted molar refractivity (Wildman–Crippen MR) is 97.1 cm³/mol. The lowest BCUT2D eigenvalue weighted by molar-refractivity contribution is -0.135. The zero-order valence-electron chi connectivity index (χ0n) is 15.3. The normalized spacial score (nSPS) is 29.2. The fourth-order valence-corrected chi connectivity index (χ4v) is 4.62. The minimum Gasteiger partial charge on any atom is -0.445 e. The molecule has 1 aromatic carbocycles. The lowest BCUT2D eigenvalue weighted by Crippen LogP contribution is -2.59. The third kappa shape index (κ3) is 3.88. The Labute approximate surface area is 150 Å². The number of fused-ring (bicyclic) bond motifs is 1. The van der Waals surface area contributed by atoms with Crippen LogP contribution in [0, 0.1) is 11.8 Å². The number of nitrogens with zero attached hydrogens (tertiary/aromatic N) is 1. The monoisotopic (exact) mass is 343 g/mol. The molecule has 136 valence electrons. The van der Waals surface area contributed by atoms with Crippen LogP contribution < -0.4 is 0 Å². The van der Waals surface area contributed by atoms with Crippen LogP contribution in [0.2, 0.25) is 0 Å². The number of carbonyl (C=O) groups is 2. The molecule has 0 N–H and O–H groups in total. The number of rotatable bonds is 4. The molecule has 1 aromatic rings. The van der Waals surface area contributed by atoms with Gasteiger partial charge < -0.3 is 9.64 Å². The second-order valence-electron chi connectivity index (χ2n) is 7.56. The van der Waals surface area contributed by atoms with E-state index in [1.54, 1.807) is 0 Å². The van der Waals surface area contributed by atoms with Crippen LogP contribution in [0.3, 0.4) is 0 Å². The third-order valence-electron chi connectivity index (χ3n) is 5.78. The summed E-state index contributed by atoms with van der Waals surface area (Å²) in [5.74, 6) is 0.701. The van der Waals surface area contributed by atoms with Gasteiger partial charge in [-0.15, -0.1) is 0 Å². The summed E-state index contributed by atoms with van der Waals surface area (Å²) in [6.07, 6.45) is 5.15.